The molecule has 6 nitrogen and oxygen atoms in total. The van der Waals surface area contributed by atoms with Crippen molar-refractivity contribution in [2.24, 2.45) is 5.92 Å². The number of amides is 2. The van der Waals surface area contributed by atoms with E-state index in [2.05, 4.69) is 47.5 Å². The maximum absolute atomic E-state index is 12.3. The van der Waals surface area contributed by atoms with Gasteiger partial charge in [-0.1, -0.05) is 0 Å². The van der Waals surface area contributed by atoms with E-state index in [1.165, 1.54) is 0 Å². The number of aromatic nitrogens is 2. The maximum atomic E-state index is 12.3. The molecular formula is C17H31N5O. The van der Waals surface area contributed by atoms with Crippen LogP contribution >= 0.6 is 0 Å². The lowest BCUT2D eigenvalue weighted by Crippen LogP contribution is -2.42. The van der Waals surface area contributed by atoms with Gasteiger partial charge in [-0.15, -0.1) is 0 Å². The highest BCUT2D eigenvalue weighted by atomic mass is 16.2. The second kappa shape index (κ2) is 7.34. The molecule has 1 aromatic rings. The number of rotatable bonds is 5. The molecule has 1 atom stereocenters. The summed E-state index contributed by atoms with van der Waals surface area (Å²) in [5.74, 6) is 1.47. The minimum Gasteiger partial charge on any atom is -0.338 e. The number of aryl methyl sites for hydroxylation is 1. The van der Waals surface area contributed by atoms with Gasteiger partial charge in [-0.05, 0) is 46.6 Å². The number of hydrogen-bond donors (Lipinski definition) is 1. The lowest BCUT2D eigenvalue weighted by atomic mass is 10.1. The fraction of sp³-hybridized carbons (Fsp3) is 0.765. The quantitative estimate of drug-likeness (QED) is 0.904. The molecule has 0 radical (unpaired) electrons. The van der Waals surface area contributed by atoms with Gasteiger partial charge in [-0.2, -0.15) is 0 Å². The van der Waals surface area contributed by atoms with Gasteiger partial charge in [-0.25, -0.2) is 9.78 Å². The Bertz CT molecular complexity index is 519. The molecule has 2 heterocycles. The van der Waals surface area contributed by atoms with Crippen molar-refractivity contribution < 1.29 is 4.79 Å². The van der Waals surface area contributed by atoms with Crippen molar-refractivity contribution in [1.29, 1.82) is 0 Å². The van der Waals surface area contributed by atoms with Crippen LogP contribution in [0.25, 0.3) is 0 Å². The SMILES string of the molecule is CCn1ccnc1CN(C)C(=O)NCC1CCN(C(C)(C)C)C1. The van der Waals surface area contributed by atoms with E-state index in [9.17, 15) is 4.79 Å². The summed E-state index contributed by atoms with van der Waals surface area (Å²) < 4.78 is 2.06. The van der Waals surface area contributed by atoms with E-state index in [4.69, 9.17) is 0 Å². The number of nitrogens with one attached hydrogen (secondary N) is 1. The number of hydrogen-bond acceptors (Lipinski definition) is 3. The molecule has 0 saturated carbocycles. The predicted molar refractivity (Wildman–Crippen MR) is 92.2 cm³/mol. The van der Waals surface area contributed by atoms with Crippen LogP contribution in [0.2, 0.25) is 0 Å². The van der Waals surface area contributed by atoms with Crippen molar-refractivity contribution in [3.8, 4) is 0 Å². The molecule has 1 N–H and O–H groups in total. The first-order valence-electron chi connectivity index (χ1n) is 8.55. The molecule has 1 fully saturated rings. The number of nitrogens with zero attached hydrogens (tertiary/aromatic N) is 4. The van der Waals surface area contributed by atoms with Gasteiger partial charge in [0.25, 0.3) is 0 Å². The van der Waals surface area contributed by atoms with Crippen LogP contribution in [0, 0.1) is 5.92 Å². The van der Waals surface area contributed by atoms with Gasteiger partial charge in [0.05, 0.1) is 6.54 Å². The predicted octanol–water partition coefficient (Wildman–Crippen LogP) is 2.16. The third-order valence-corrected chi connectivity index (χ3v) is 4.64. The van der Waals surface area contributed by atoms with Crippen LogP contribution in [0.3, 0.4) is 0 Å². The van der Waals surface area contributed by atoms with E-state index < -0.39 is 0 Å². The number of imidazole rings is 1. The molecule has 1 aliphatic rings. The Kier molecular flexibility index (Phi) is 5.68. The average molecular weight is 321 g/mol. The zero-order chi connectivity index (χ0) is 17.0. The molecule has 0 aromatic carbocycles. The molecule has 130 valence electrons. The van der Waals surface area contributed by atoms with Crippen molar-refractivity contribution in [2.75, 3.05) is 26.7 Å². The topological polar surface area (TPSA) is 53.4 Å². The number of carbonyl (C=O) groups excluding carboxylic acids is 1. The Balaban J connectivity index is 1.77. The summed E-state index contributed by atoms with van der Waals surface area (Å²) in [5.41, 5.74) is 0.215. The Morgan fingerprint density at radius 3 is 2.83 bits per heavy atom. The van der Waals surface area contributed by atoms with E-state index in [0.717, 1.165) is 38.4 Å². The van der Waals surface area contributed by atoms with Crippen molar-refractivity contribution in [1.82, 2.24) is 24.7 Å². The van der Waals surface area contributed by atoms with Crippen molar-refractivity contribution in [2.45, 2.75) is 52.7 Å². The first-order valence-corrected chi connectivity index (χ1v) is 8.55. The van der Waals surface area contributed by atoms with E-state index in [0.29, 0.717) is 12.5 Å². The maximum Gasteiger partial charge on any atom is 0.317 e. The Morgan fingerprint density at radius 2 is 2.22 bits per heavy atom. The Morgan fingerprint density at radius 1 is 1.48 bits per heavy atom. The number of urea groups is 1. The van der Waals surface area contributed by atoms with Gasteiger partial charge >= 0.3 is 6.03 Å². The average Bonchev–Trinajstić information content (AvgIpc) is 3.12. The molecule has 1 unspecified atom stereocenters. The summed E-state index contributed by atoms with van der Waals surface area (Å²) in [6.07, 6.45) is 4.88. The molecule has 2 amide bonds. The van der Waals surface area contributed by atoms with Crippen molar-refractivity contribution in [3.05, 3.63) is 18.2 Å². The Hall–Kier alpha value is -1.56. The molecule has 0 spiro atoms. The van der Waals surface area contributed by atoms with Crippen LogP contribution in [0.4, 0.5) is 4.79 Å². The largest absolute Gasteiger partial charge is 0.338 e. The number of likely N-dealkylation sites (tertiary alicyclic amines) is 1. The van der Waals surface area contributed by atoms with Crippen LogP contribution in [0.5, 0.6) is 0 Å². The summed E-state index contributed by atoms with van der Waals surface area (Å²) in [5, 5.41) is 3.07. The lowest BCUT2D eigenvalue weighted by Gasteiger charge is -2.31. The second-order valence-electron chi connectivity index (χ2n) is 7.44. The second-order valence-corrected chi connectivity index (χ2v) is 7.44. The lowest BCUT2D eigenvalue weighted by molar-refractivity contribution is 0.167. The highest BCUT2D eigenvalue weighted by Crippen LogP contribution is 2.23. The van der Waals surface area contributed by atoms with Crippen LogP contribution in [0.15, 0.2) is 12.4 Å². The van der Waals surface area contributed by atoms with Crippen molar-refractivity contribution in [3.63, 3.8) is 0 Å². The molecular weight excluding hydrogens is 290 g/mol. The van der Waals surface area contributed by atoms with E-state index >= 15 is 0 Å². The van der Waals surface area contributed by atoms with Gasteiger partial charge in [0, 0.05) is 44.6 Å². The third-order valence-electron chi connectivity index (χ3n) is 4.64. The molecule has 6 heteroatoms. The van der Waals surface area contributed by atoms with Gasteiger partial charge in [0.1, 0.15) is 5.82 Å². The number of carbonyl (C=O) groups is 1. The van der Waals surface area contributed by atoms with Crippen LogP contribution in [-0.2, 0) is 13.1 Å². The minimum absolute atomic E-state index is 0.0233. The van der Waals surface area contributed by atoms with Crippen LogP contribution in [0.1, 0.15) is 39.9 Å². The monoisotopic (exact) mass is 321 g/mol. The fourth-order valence-electron chi connectivity index (χ4n) is 3.04. The Labute approximate surface area is 139 Å². The molecule has 1 aliphatic heterocycles. The zero-order valence-electron chi connectivity index (χ0n) is 15.2. The molecule has 0 aliphatic carbocycles. The normalized spacial score (nSPS) is 19.1. The highest BCUT2D eigenvalue weighted by molar-refractivity contribution is 5.73. The van der Waals surface area contributed by atoms with Crippen LogP contribution in [-0.4, -0.2) is 57.6 Å². The first kappa shape index (κ1) is 17.8. The summed E-state index contributed by atoms with van der Waals surface area (Å²) in [7, 11) is 1.82. The summed E-state index contributed by atoms with van der Waals surface area (Å²) in [6.45, 7) is 13.2. The van der Waals surface area contributed by atoms with E-state index in [-0.39, 0.29) is 11.6 Å². The summed E-state index contributed by atoms with van der Waals surface area (Å²) >= 11 is 0. The fourth-order valence-corrected chi connectivity index (χ4v) is 3.04. The summed E-state index contributed by atoms with van der Waals surface area (Å²) in [4.78, 5) is 20.8. The molecule has 1 aromatic heterocycles. The summed E-state index contributed by atoms with van der Waals surface area (Å²) in [6, 6.07) is -0.0233. The minimum atomic E-state index is -0.0233. The van der Waals surface area contributed by atoms with Crippen molar-refractivity contribution >= 4 is 6.03 Å². The van der Waals surface area contributed by atoms with E-state index in [1.54, 1.807) is 11.1 Å². The molecule has 0 bridgehead atoms. The standard InChI is InChI=1S/C17H31N5O/c1-6-21-10-8-18-15(21)13-20(5)16(23)19-11-14-7-9-22(12-14)17(2,3)4/h8,10,14H,6-7,9,11-13H2,1-5H3,(H,19,23). The molecule has 2 rings (SSSR count). The van der Waals surface area contributed by atoms with Gasteiger partial charge in [0.15, 0.2) is 0 Å². The third kappa shape index (κ3) is 4.70. The first-order chi connectivity index (χ1) is 10.8. The van der Waals surface area contributed by atoms with Gasteiger partial charge in [0.2, 0.25) is 0 Å². The van der Waals surface area contributed by atoms with Crippen LogP contribution < -0.4 is 5.32 Å². The van der Waals surface area contributed by atoms with Gasteiger partial charge in [-0.3, -0.25) is 4.90 Å². The molecule has 23 heavy (non-hydrogen) atoms. The van der Waals surface area contributed by atoms with Gasteiger partial charge < -0.3 is 14.8 Å². The van der Waals surface area contributed by atoms with E-state index in [1.807, 2.05) is 13.2 Å². The molecule has 1 saturated heterocycles. The zero-order valence-corrected chi connectivity index (χ0v) is 15.2. The smallest absolute Gasteiger partial charge is 0.317 e. The highest BCUT2D eigenvalue weighted by Gasteiger charge is 2.30.